The number of likely N-dealkylation sites (N-methyl/N-ethyl adjacent to an activating group) is 1. The molecule has 2 aliphatic heterocycles. The molecule has 0 aliphatic carbocycles. The summed E-state index contributed by atoms with van der Waals surface area (Å²) in [5, 5.41) is 20.7. The van der Waals surface area contributed by atoms with Crippen LogP contribution in [0.15, 0.2) is 42.6 Å². The van der Waals surface area contributed by atoms with E-state index in [-0.39, 0.29) is 11.8 Å². The van der Waals surface area contributed by atoms with Gasteiger partial charge < -0.3 is 24.9 Å². The molecule has 0 bridgehead atoms. The Hall–Kier alpha value is -2.48. The van der Waals surface area contributed by atoms with E-state index in [4.69, 9.17) is 0 Å². The normalized spacial score (nSPS) is 22.5. The van der Waals surface area contributed by atoms with Crippen molar-refractivity contribution in [2.24, 2.45) is 5.92 Å². The fourth-order valence-electron chi connectivity index (χ4n) is 4.98. The van der Waals surface area contributed by atoms with E-state index in [2.05, 4.69) is 46.1 Å². The van der Waals surface area contributed by atoms with Crippen molar-refractivity contribution in [2.45, 2.75) is 44.8 Å². The van der Waals surface area contributed by atoms with Crippen LogP contribution < -0.4 is 9.80 Å². The van der Waals surface area contributed by atoms with Crippen molar-refractivity contribution < 1.29 is 15.0 Å². The van der Waals surface area contributed by atoms with Crippen LogP contribution in [-0.4, -0.2) is 71.9 Å². The second kappa shape index (κ2) is 9.79. The van der Waals surface area contributed by atoms with Gasteiger partial charge in [0.15, 0.2) is 0 Å². The highest BCUT2D eigenvalue weighted by molar-refractivity contribution is 5.97. The molecule has 2 fully saturated rings. The van der Waals surface area contributed by atoms with Crippen molar-refractivity contribution in [2.75, 3.05) is 49.6 Å². The first-order chi connectivity index (χ1) is 15.8. The van der Waals surface area contributed by atoms with E-state index in [9.17, 15) is 15.0 Å². The minimum atomic E-state index is -1.39. The number of nitrogens with zero attached hydrogens (tertiary/aromatic N) is 4. The molecule has 178 valence electrons. The third-order valence-electron chi connectivity index (χ3n) is 7.35. The van der Waals surface area contributed by atoms with Gasteiger partial charge in [0.1, 0.15) is 5.60 Å². The predicted molar refractivity (Wildman–Crippen MR) is 130 cm³/mol. The number of carbonyl (C=O) groups excluding carboxylic acids is 1. The minimum absolute atomic E-state index is 0.0525. The summed E-state index contributed by atoms with van der Waals surface area (Å²) < 4.78 is 0. The van der Waals surface area contributed by atoms with Crippen LogP contribution in [-0.2, 0) is 16.8 Å². The zero-order valence-electron chi connectivity index (χ0n) is 19.9. The molecular formula is C26H36N4O3. The van der Waals surface area contributed by atoms with Crippen LogP contribution in [0.2, 0.25) is 0 Å². The van der Waals surface area contributed by atoms with Crippen molar-refractivity contribution in [1.29, 1.82) is 0 Å². The zero-order chi connectivity index (χ0) is 23.6. The molecular weight excluding hydrogens is 416 g/mol. The summed E-state index contributed by atoms with van der Waals surface area (Å²) >= 11 is 0. The molecule has 33 heavy (non-hydrogen) atoms. The SMILES string of the molecule is CCC(O)(c1ccc(N2CCC(Cc3ccccc3N3CCN(C)CC3)C2=O)cn1)C(C)O. The van der Waals surface area contributed by atoms with Gasteiger partial charge in [-0.15, -0.1) is 0 Å². The zero-order valence-corrected chi connectivity index (χ0v) is 19.9. The Morgan fingerprint density at radius 1 is 1.12 bits per heavy atom. The number of benzene rings is 1. The number of aliphatic hydroxyl groups is 2. The first kappa shape index (κ1) is 23.7. The fraction of sp³-hybridized carbons (Fsp3) is 0.538. The third kappa shape index (κ3) is 4.76. The summed E-state index contributed by atoms with van der Waals surface area (Å²) in [5.41, 5.74) is 2.26. The van der Waals surface area contributed by atoms with Gasteiger partial charge >= 0.3 is 0 Å². The molecule has 2 aliphatic rings. The molecule has 3 unspecified atom stereocenters. The number of aliphatic hydroxyl groups excluding tert-OH is 1. The standard InChI is InChI=1S/C26H36N4O3/c1-4-26(33,19(2)31)24-10-9-22(18-27-24)30-12-11-21(25(30)32)17-20-7-5-6-8-23(20)29-15-13-28(3)14-16-29/h5-10,18-19,21,31,33H,4,11-17H2,1-3H3. The van der Waals surface area contributed by atoms with Crippen LogP contribution in [0.5, 0.6) is 0 Å². The number of amides is 1. The number of hydrogen-bond donors (Lipinski definition) is 2. The van der Waals surface area contributed by atoms with E-state index in [1.807, 2.05) is 13.0 Å². The Bertz CT molecular complexity index is 956. The summed E-state index contributed by atoms with van der Waals surface area (Å²) in [6.45, 7) is 8.16. The molecule has 2 N–H and O–H groups in total. The molecule has 2 saturated heterocycles. The molecule has 1 aromatic carbocycles. The third-order valence-corrected chi connectivity index (χ3v) is 7.35. The number of piperazine rings is 1. The lowest BCUT2D eigenvalue weighted by atomic mass is 9.90. The number of para-hydroxylation sites is 1. The summed E-state index contributed by atoms with van der Waals surface area (Å²) in [7, 11) is 2.16. The highest BCUT2D eigenvalue weighted by atomic mass is 16.3. The van der Waals surface area contributed by atoms with Crippen LogP contribution in [0.25, 0.3) is 0 Å². The largest absolute Gasteiger partial charge is 0.390 e. The molecule has 2 aromatic rings. The first-order valence-electron chi connectivity index (χ1n) is 12.0. The molecule has 3 heterocycles. The Kier molecular flexibility index (Phi) is 7.02. The molecule has 7 nitrogen and oxygen atoms in total. The van der Waals surface area contributed by atoms with Gasteiger partial charge in [-0.25, -0.2) is 0 Å². The Morgan fingerprint density at radius 3 is 2.48 bits per heavy atom. The maximum absolute atomic E-state index is 13.3. The van der Waals surface area contributed by atoms with E-state index in [1.54, 1.807) is 24.1 Å². The number of rotatable bonds is 7. The number of carbonyl (C=O) groups is 1. The highest BCUT2D eigenvalue weighted by Crippen LogP contribution is 2.33. The van der Waals surface area contributed by atoms with Gasteiger partial charge in [0, 0.05) is 44.3 Å². The summed E-state index contributed by atoms with van der Waals surface area (Å²) in [5.74, 6) is 0.0716. The molecule has 0 saturated carbocycles. The Balaban J connectivity index is 1.46. The van der Waals surface area contributed by atoms with Crippen LogP contribution in [0.3, 0.4) is 0 Å². The smallest absolute Gasteiger partial charge is 0.230 e. The second-order valence-corrected chi connectivity index (χ2v) is 9.45. The van der Waals surface area contributed by atoms with Crippen LogP contribution in [0.4, 0.5) is 11.4 Å². The average molecular weight is 453 g/mol. The Labute approximate surface area is 196 Å². The van der Waals surface area contributed by atoms with E-state index < -0.39 is 11.7 Å². The van der Waals surface area contributed by atoms with E-state index in [0.717, 1.165) is 44.7 Å². The van der Waals surface area contributed by atoms with E-state index >= 15 is 0 Å². The van der Waals surface area contributed by atoms with Crippen molar-refractivity contribution in [1.82, 2.24) is 9.88 Å². The van der Waals surface area contributed by atoms with Gasteiger partial charge in [-0.3, -0.25) is 9.78 Å². The van der Waals surface area contributed by atoms with Gasteiger partial charge in [-0.1, -0.05) is 25.1 Å². The number of hydrogen-bond acceptors (Lipinski definition) is 6. The van der Waals surface area contributed by atoms with Gasteiger partial charge in [0.05, 0.1) is 23.7 Å². The van der Waals surface area contributed by atoms with Gasteiger partial charge in [-0.05, 0) is 57.0 Å². The summed E-state index contributed by atoms with van der Waals surface area (Å²) in [6.07, 6.45) is 2.61. The lowest BCUT2D eigenvalue weighted by Gasteiger charge is -2.35. The van der Waals surface area contributed by atoms with Crippen molar-refractivity contribution in [3.63, 3.8) is 0 Å². The second-order valence-electron chi connectivity index (χ2n) is 9.45. The van der Waals surface area contributed by atoms with E-state index in [1.165, 1.54) is 11.3 Å². The maximum Gasteiger partial charge on any atom is 0.230 e. The number of pyridine rings is 1. The molecule has 1 aromatic heterocycles. The quantitative estimate of drug-likeness (QED) is 0.672. The van der Waals surface area contributed by atoms with Gasteiger partial charge in [0.25, 0.3) is 0 Å². The van der Waals surface area contributed by atoms with Crippen molar-refractivity contribution >= 4 is 17.3 Å². The highest BCUT2D eigenvalue weighted by Gasteiger charge is 2.36. The van der Waals surface area contributed by atoms with Gasteiger partial charge in [-0.2, -0.15) is 0 Å². The molecule has 7 heteroatoms. The van der Waals surface area contributed by atoms with Crippen molar-refractivity contribution in [3.8, 4) is 0 Å². The maximum atomic E-state index is 13.3. The molecule has 0 radical (unpaired) electrons. The number of aromatic nitrogens is 1. The first-order valence-corrected chi connectivity index (χ1v) is 12.0. The lowest BCUT2D eigenvalue weighted by Crippen LogP contribution is -2.44. The van der Waals surface area contributed by atoms with E-state index in [0.29, 0.717) is 18.7 Å². The summed E-state index contributed by atoms with van der Waals surface area (Å²) in [6, 6.07) is 12.0. The predicted octanol–water partition coefficient (Wildman–Crippen LogP) is 2.41. The van der Waals surface area contributed by atoms with Crippen molar-refractivity contribution in [3.05, 3.63) is 53.9 Å². The average Bonchev–Trinajstić information content (AvgIpc) is 3.19. The van der Waals surface area contributed by atoms with Crippen LogP contribution >= 0.6 is 0 Å². The monoisotopic (exact) mass is 452 g/mol. The molecule has 4 rings (SSSR count). The minimum Gasteiger partial charge on any atom is -0.390 e. The molecule has 1 amide bonds. The Morgan fingerprint density at radius 2 is 1.85 bits per heavy atom. The van der Waals surface area contributed by atoms with Crippen LogP contribution in [0.1, 0.15) is 37.9 Å². The summed E-state index contributed by atoms with van der Waals surface area (Å²) in [4.78, 5) is 24.3. The number of anilines is 2. The topological polar surface area (TPSA) is 80.1 Å². The molecule has 0 spiro atoms. The fourth-order valence-corrected chi connectivity index (χ4v) is 4.98. The van der Waals surface area contributed by atoms with Crippen LogP contribution in [0, 0.1) is 5.92 Å². The lowest BCUT2D eigenvalue weighted by molar-refractivity contribution is -0.120. The van der Waals surface area contributed by atoms with Gasteiger partial charge in [0.2, 0.25) is 5.91 Å². The molecule has 3 atom stereocenters.